The molecule has 15 heavy (non-hydrogen) atoms. The summed E-state index contributed by atoms with van der Waals surface area (Å²) in [5, 5.41) is 3.90. The Labute approximate surface area is 92.2 Å². The minimum absolute atomic E-state index is 0.718. The third kappa shape index (κ3) is 1.18. The van der Waals surface area contributed by atoms with E-state index in [0.717, 1.165) is 33.3 Å². The van der Waals surface area contributed by atoms with E-state index in [1.165, 1.54) is 0 Å². The Balaban J connectivity index is 2.33. The van der Waals surface area contributed by atoms with Crippen LogP contribution in [0.1, 0.15) is 5.76 Å². The van der Waals surface area contributed by atoms with Crippen molar-refractivity contribution in [3.8, 4) is 11.1 Å². The number of fused-ring (bicyclic) bond motifs is 3. The van der Waals surface area contributed by atoms with E-state index >= 15 is 0 Å². The third-order valence-corrected chi connectivity index (χ3v) is 2.73. The number of hydrogen-bond acceptors (Lipinski definition) is 2. The lowest BCUT2D eigenvalue weighted by Crippen LogP contribution is -2.04. The number of furan rings is 1. The summed E-state index contributed by atoms with van der Waals surface area (Å²) in [6.07, 6.45) is 1.66. The summed E-state index contributed by atoms with van der Waals surface area (Å²) in [5.74, 6) is 0.782. The first-order chi connectivity index (χ1) is 7.25. The maximum atomic E-state index is 5.97. The molecular weight excluding hydrogens is 210 g/mol. The predicted molar refractivity (Wildman–Crippen MR) is 61.8 cm³/mol. The molecular formula is C12H8ClNO. The smallest absolute Gasteiger partial charge is 0.157 e. The third-order valence-electron chi connectivity index (χ3n) is 2.50. The van der Waals surface area contributed by atoms with E-state index in [2.05, 4.69) is 11.9 Å². The van der Waals surface area contributed by atoms with Gasteiger partial charge >= 0.3 is 0 Å². The van der Waals surface area contributed by atoms with Crippen LogP contribution < -0.4 is 5.32 Å². The highest BCUT2D eigenvalue weighted by Crippen LogP contribution is 2.41. The van der Waals surface area contributed by atoms with Gasteiger partial charge in [0, 0.05) is 21.8 Å². The molecule has 1 aliphatic heterocycles. The molecule has 3 rings (SSSR count). The fourth-order valence-corrected chi connectivity index (χ4v) is 1.99. The van der Waals surface area contributed by atoms with Crippen molar-refractivity contribution in [3.05, 3.63) is 47.9 Å². The van der Waals surface area contributed by atoms with Crippen LogP contribution in [0, 0.1) is 0 Å². The summed E-state index contributed by atoms with van der Waals surface area (Å²) < 4.78 is 5.36. The summed E-state index contributed by atoms with van der Waals surface area (Å²) >= 11 is 5.97. The lowest BCUT2D eigenvalue weighted by Gasteiger charge is -2.19. The molecule has 74 valence electrons. The standard InChI is InChI=1S/C12H8ClNO/c1-7-12-9(4-5-15-12)10-6-8(13)2-3-11(10)14-7/h2-6,14H,1H2. The monoisotopic (exact) mass is 217 g/mol. The van der Waals surface area contributed by atoms with E-state index in [4.69, 9.17) is 16.0 Å². The molecule has 1 aliphatic rings. The Morgan fingerprint density at radius 2 is 2.07 bits per heavy atom. The Morgan fingerprint density at radius 3 is 2.93 bits per heavy atom. The molecule has 0 unspecified atom stereocenters. The number of halogens is 1. The number of hydrogen-bond donors (Lipinski definition) is 1. The lowest BCUT2D eigenvalue weighted by molar-refractivity contribution is 0.554. The topological polar surface area (TPSA) is 25.2 Å². The molecule has 2 nitrogen and oxygen atoms in total. The van der Waals surface area contributed by atoms with E-state index in [0.29, 0.717) is 0 Å². The molecule has 0 saturated carbocycles. The van der Waals surface area contributed by atoms with Gasteiger partial charge in [0.25, 0.3) is 0 Å². The van der Waals surface area contributed by atoms with Crippen LogP contribution in [-0.2, 0) is 0 Å². The van der Waals surface area contributed by atoms with Crippen molar-refractivity contribution in [1.82, 2.24) is 0 Å². The summed E-state index contributed by atoms with van der Waals surface area (Å²) in [6, 6.07) is 7.64. The fraction of sp³-hybridized carbons (Fsp3) is 0. The van der Waals surface area contributed by atoms with Crippen LogP contribution in [0.25, 0.3) is 16.8 Å². The van der Waals surface area contributed by atoms with Crippen molar-refractivity contribution in [3.63, 3.8) is 0 Å². The normalized spacial score (nSPS) is 13.0. The van der Waals surface area contributed by atoms with Crippen LogP contribution in [-0.4, -0.2) is 0 Å². The molecule has 0 spiro atoms. The predicted octanol–water partition coefficient (Wildman–Crippen LogP) is 4.00. The minimum atomic E-state index is 0.718. The summed E-state index contributed by atoms with van der Waals surface area (Å²) in [6.45, 7) is 3.91. The Morgan fingerprint density at radius 1 is 1.20 bits per heavy atom. The van der Waals surface area contributed by atoms with Crippen LogP contribution in [0.4, 0.5) is 5.69 Å². The first kappa shape index (κ1) is 8.62. The van der Waals surface area contributed by atoms with Gasteiger partial charge in [-0.25, -0.2) is 0 Å². The van der Waals surface area contributed by atoms with Gasteiger partial charge in [0.2, 0.25) is 0 Å². The van der Waals surface area contributed by atoms with Crippen molar-refractivity contribution >= 4 is 23.0 Å². The number of nitrogens with one attached hydrogen (secondary N) is 1. The molecule has 1 aromatic heterocycles. The molecule has 0 bridgehead atoms. The summed E-state index contributed by atoms with van der Waals surface area (Å²) in [7, 11) is 0. The first-order valence-electron chi connectivity index (χ1n) is 4.59. The molecule has 0 radical (unpaired) electrons. The van der Waals surface area contributed by atoms with Crippen LogP contribution in [0.5, 0.6) is 0 Å². The Hall–Kier alpha value is -1.67. The highest BCUT2D eigenvalue weighted by molar-refractivity contribution is 6.31. The Bertz CT molecular complexity index is 556. The summed E-state index contributed by atoms with van der Waals surface area (Å²) in [5.41, 5.74) is 3.89. The van der Waals surface area contributed by atoms with Gasteiger partial charge in [-0.1, -0.05) is 18.2 Å². The number of anilines is 1. The average molecular weight is 218 g/mol. The van der Waals surface area contributed by atoms with E-state index in [9.17, 15) is 0 Å². The zero-order chi connectivity index (χ0) is 10.4. The van der Waals surface area contributed by atoms with Gasteiger partial charge in [-0.05, 0) is 24.3 Å². The molecule has 0 aliphatic carbocycles. The van der Waals surface area contributed by atoms with E-state index in [1.807, 2.05) is 24.3 Å². The second-order valence-electron chi connectivity index (χ2n) is 3.46. The summed E-state index contributed by atoms with van der Waals surface area (Å²) in [4.78, 5) is 0. The molecule has 1 aromatic carbocycles. The molecule has 2 aromatic rings. The molecule has 1 N–H and O–H groups in total. The van der Waals surface area contributed by atoms with Crippen molar-refractivity contribution in [2.24, 2.45) is 0 Å². The minimum Gasteiger partial charge on any atom is -0.462 e. The zero-order valence-electron chi connectivity index (χ0n) is 7.88. The molecule has 3 heteroatoms. The maximum absolute atomic E-state index is 5.97. The van der Waals surface area contributed by atoms with Gasteiger partial charge in [0.05, 0.1) is 12.0 Å². The molecule has 0 amide bonds. The quantitative estimate of drug-likeness (QED) is 0.722. The van der Waals surface area contributed by atoms with Crippen molar-refractivity contribution in [2.45, 2.75) is 0 Å². The van der Waals surface area contributed by atoms with Gasteiger partial charge < -0.3 is 9.73 Å². The van der Waals surface area contributed by atoms with Crippen LogP contribution >= 0.6 is 11.6 Å². The van der Waals surface area contributed by atoms with E-state index < -0.39 is 0 Å². The van der Waals surface area contributed by atoms with Gasteiger partial charge in [0.15, 0.2) is 5.76 Å². The zero-order valence-corrected chi connectivity index (χ0v) is 8.64. The van der Waals surface area contributed by atoms with Crippen molar-refractivity contribution < 1.29 is 4.42 Å². The largest absolute Gasteiger partial charge is 0.462 e. The molecule has 0 saturated heterocycles. The average Bonchev–Trinajstić information content (AvgIpc) is 2.69. The van der Waals surface area contributed by atoms with Crippen LogP contribution in [0.2, 0.25) is 5.02 Å². The SMILES string of the molecule is C=C1Nc2ccc(Cl)cc2-c2ccoc21. The van der Waals surface area contributed by atoms with Crippen molar-refractivity contribution in [2.75, 3.05) is 5.32 Å². The van der Waals surface area contributed by atoms with E-state index in [1.54, 1.807) is 6.26 Å². The first-order valence-corrected chi connectivity index (χ1v) is 4.97. The second-order valence-corrected chi connectivity index (χ2v) is 3.89. The van der Waals surface area contributed by atoms with Gasteiger partial charge in [-0.3, -0.25) is 0 Å². The van der Waals surface area contributed by atoms with E-state index in [-0.39, 0.29) is 0 Å². The maximum Gasteiger partial charge on any atom is 0.157 e. The highest BCUT2D eigenvalue weighted by atomic mass is 35.5. The Kier molecular flexibility index (Phi) is 1.67. The number of benzene rings is 1. The van der Waals surface area contributed by atoms with Crippen molar-refractivity contribution in [1.29, 1.82) is 0 Å². The second kappa shape index (κ2) is 2.91. The fourth-order valence-electron chi connectivity index (χ4n) is 1.82. The lowest BCUT2D eigenvalue weighted by atomic mass is 9.99. The number of rotatable bonds is 0. The molecule has 0 fully saturated rings. The van der Waals surface area contributed by atoms with Gasteiger partial charge in [-0.15, -0.1) is 0 Å². The van der Waals surface area contributed by atoms with Crippen LogP contribution in [0.3, 0.4) is 0 Å². The highest BCUT2D eigenvalue weighted by Gasteiger charge is 2.20. The molecule has 2 heterocycles. The van der Waals surface area contributed by atoms with Gasteiger partial charge in [-0.2, -0.15) is 0 Å². The molecule has 0 atom stereocenters. The van der Waals surface area contributed by atoms with Crippen LogP contribution in [0.15, 0.2) is 41.5 Å². The van der Waals surface area contributed by atoms with Gasteiger partial charge in [0.1, 0.15) is 0 Å².